The SMILES string of the molecule is CC/C=C\C/C=C\C/C=C\C/C=C\CCCCCCCCC(=O)OC[C@H](COP(=O)(O)O[C@H]1C(O)C(O)C(O)[C@@H](OP(=O)(O)O)C1O)OC(=O)CCC/C=C\C/C=C\C/C=C\C=C\[C@@H](O)CCCCC. The molecule has 70 heavy (non-hydrogen) atoms. The van der Waals surface area contributed by atoms with Gasteiger partial charge in [-0.3, -0.25) is 23.2 Å². The molecule has 0 aromatic carbocycles. The van der Waals surface area contributed by atoms with Crippen LogP contribution in [0, 0.1) is 0 Å². The molecular weight excluding hydrogens is 946 g/mol. The van der Waals surface area contributed by atoms with Gasteiger partial charge in [-0.25, -0.2) is 9.13 Å². The van der Waals surface area contributed by atoms with Crippen molar-refractivity contribution in [2.24, 2.45) is 0 Å². The van der Waals surface area contributed by atoms with Crippen LogP contribution < -0.4 is 0 Å². The van der Waals surface area contributed by atoms with Crippen LogP contribution in [0.2, 0.25) is 0 Å². The van der Waals surface area contributed by atoms with Crippen LogP contribution in [0.5, 0.6) is 0 Å². The molecule has 1 aliphatic rings. The molecule has 1 saturated carbocycles. The average molecular weight is 1030 g/mol. The van der Waals surface area contributed by atoms with E-state index < -0.39 is 89.6 Å². The molecule has 8 N–H and O–H groups in total. The molecule has 19 heteroatoms. The molecule has 400 valence electrons. The first-order valence-electron chi connectivity index (χ1n) is 24.9. The lowest BCUT2D eigenvalue weighted by atomic mass is 9.85. The van der Waals surface area contributed by atoms with Gasteiger partial charge in [-0.15, -0.1) is 0 Å². The molecule has 0 aliphatic heterocycles. The number of hydrogen-bond acceptors (Lipinski definition) is 14. The van der Waals surface area contributed by atoms with E-state index in [9.17, 15) is 58.9 Å². The van der Waals surface area contributed by atoms with Crippen molar-refractivity contribution >= 4 is 27.6 Å². The molecule has 9 atom stereocenters. The van der Waals surface area contributed by atoms with Crippen LogP contribution in [0.3, 0.4) is 0 Å². The summed E-state index contributed by atoms with van der Waals surface area (Å²) in [5.41, 5.74) is 0. The van der Waals surface area contributed by atoms with Gasteiger partial charge in [-0.2, -0.15) is 0 Å². The van der Waals surface area contributed by atoms with E-state index in [1.54, 1.807) is 6.08 Å². The maximum Gasteiger partial charge on any atom is 0.472 e. The first-order valence-corrected chi connectivity index (χ1v) is 27.9. The number of rotatable bonds is 40. The Kier molecular flexibility index (Phi) is 37.4. The second-order valence-corrected chi connectivity index (χ2v) is 19.6. The first kappa shape index (κ1) is 64.9. The Bertz CT molecular complexity index is 1730. The van der Waals surface area contributed by atoms with E-state index in [1.165, 1.54) is 0 Å². The highest BCUT2D eigenvalue weighted by atomic mass is 31.2. The van der Waals surface area contributed by atoms with Crippen molar-refractivity contribution in [3.8, 4) is 0 Å². The zero-order chi connectivity index (χ0) is 51.9. The molecular formula is C51H84O17P2. The molecule has 1 rings (SSSR count). The number of unbranched alkanes of at least 4 members (excludes halogenated alkanes) is 9. The van der Waals surface area contributed by atoms with Crippen LogP contribution in [-0.2, 0) is 41.8 Å². The molecule has 0 bridgehead atoms. The Morgan fingerprint density at radius 2 is 1.06 bits per heavy atom. The quantitative estimate of drug-likeness (QED) is 0.00935. The fourth-order valence-electron chi connectivity index (χ4n) is 6.88. The van der Waals surface area contributed by atoms with Gasteiger partial charge in [0.25, 0.3) is 0 Å². The van der Waals surface area contributed by atoms with Gasteiger partial charge in [0, 0.05) is 12.8 Å². The largest absolute Gasteiger partial charge is 0.472 e. The summed E-state index contributed by atoms with van der Waals surface area (Å²) in [6.45, 7) is 2.81. The lowest BCUT2D eigenvalue weighted by molar-refractivity contribution is -0.216. The topological polar surface area (TPSA) is 276 Å². The molecule has 17 nitrogen and oxygen atoms in total. The molecule has 1 aliphatic carbocycles. The average Bonchev–Trinajstić information content (AvgIpc) is 3.31. The van der Waals surface area contributed by atoms with E-state index in [1.807, 2.05) is 42.5 Å². The minimum Gasteiger partial charge on any atom is -0.462 e. The van der Waals surface area contributed by atoms with Crippen LogP contribution >= 0.6 is 15.6 Å². The summed E-state index contributed by atoms with van der Waals surface area (Å²) in [5, 5.41) is 51.2. The van der Waals surface area contributed by atoms with Gasteiger partial charge in [0.15, 0.2) is 6.10 Å². The van der Waals surface area contributed by atoms with Gasteiger partial charge in [-0.05, 0) is 77.0 Å². The van der Waals surface area contributed by atoms with Crippen molar-refractivity contribution < 1.29 is 82.0 Å². The Balaban J connectivity index is 2.63. The maximum atomic E-state index is 13.0. The van der Waals surface area contributed by atoms with Crippen molar-refractivity contribution in [1.29, 1.82) is 0 Å². The van der Waals surface area contributed by atoms with Crippen LogP contribution in [0.25, 0.3) is 0 Å². The number of aliphatic hydroxyl groups is 5. The molecule has 1 fully saturated rings. The summed E-state index contributed by atoms with van der Waals surface area (Å²) in [5.74, 6) is -1.32. The Hall–Kier alpha value is -3.12. The van der Waals surface area contributed by atoms with Crippen molar-refractivity contribution in [3.63, 3.8) is 0 Å². The summed E-state index contributed by atoms with van der Waals surface area (Å²) >= 11 is 0. The predicted octanol–water partition coefficient (Wildman–Crippen LogP) is 8.92. The number of hydrogen-bond donors (Lipinski definition) is 8. The van der Waals surface area contributed by atoms with E-state index in [0.29, 0.717) is 25.7 Å². The Morgan fingerprint density at radius 1 is 0.543 bits per heavy atom. The number of carbonyl (C=O) groups is 2. The van der Waals surface area contributed by atoms with E-state index in [4.69, 9.17) is 18.5 Å². The zero-order valence-electron chi connectivity index (χ0n) is 41.3. The van der Waals surface area contributed by atoms with Gasteiger partial charge in [0.05, 0.1) is 12.7 Å². The van der Waals surface area contributed by atoms with Crippen LogP contribution in [0.4, 0.5) is 0 Å². The summed E-state index contributed by atoms with van der Waals surface area (Å²) in [4.78, 5) is 54.4. The van der Waals surface area contributed by atoms with Gasteiger partial charge in [-0.1, -0.05) is 156 Å². The smallest absolute Gasteiger partial charge is 0.462 e. The number of esters is 2. The number of aliphatic hydroxyl groups excluding tert-OH is 5. The molecule has 5 unspecified atom stereocenters. The summed E-state index contributed by atoms with van der Waals surface area (Å²) < 4.78 is 49.3. The highest BCUT2D eigenvalue weighted by Gasteiger charge is 2.54. The number of phosphoric acid groups is 2. The lowest BCUT2D eigenvalue weighted by Crippen LogP contribution is -2.64. The number of carbonyl (C=O) groups excluding carboxylic acids is 2. The van der Waals surface area contributed by atoms with E-state index >= 15 is 0 Å². The molecule has 0 saturated heterocycles. The molecule has 0 radical (unpaired) electrons. The second-order valence-electron chi connectivity index (χ2n) is 17.0. The highest BCUT2D eigenvalue weighted by molar-refractivity contribution is 7.47. The molecule has 0 amide bonds. The van der Waals surface area contributed by atoms with E-state index in [2.05, 4.69) is 67.0 Å². The molecule has 0 spiro atoms. The molecule has 0 heterocycles. The Labute approximate surface area is 416 Å². The van der Waals surface area contributed by atoms with Crippen molar-refractivity contribution in [1.82, 2.24) is 0 Å². The second kappa shape index (κ2) is 40.4. The molecule has 0 aromatic rings. The zero-order valence-corrected chi connectivity index (χ0v) is 43.1. The highest BCUT2D eigenvalue weighted by Crippen LogP contribution is 2.49. The van der Waals surface area contributed by atoms with Crippen molar-refractivity contribution in [2.75, 3.05) is 13.2 Å². The third-order valence-electron chi connectivity index (χ3n) is 10.7. The predicted molar refractivity (Wildman–Crippen MR) is 270 cm³/mol. The minimum absolute atomic E-state index is 0.0609. The number of phosphoric ester groups is 2. The van der Waals surface area contributed by atoms with Crippen molar-refractivity contribution in [3.05, 3.63) is 97.2 Å². The maximum absolute atomic E-state index is 13.0. The number of ether oxygens (including phenoxy) is 2. The third-order valence-corrected chi connectivity index (χ3v) is 12.2. The van der Waals surface area contributed by atoms with Gasteiger partial charge < -0.3 is 49.7 Å². The summed E-state index contributed by atoms with van der Waals surface area (Å²) in [6, 6.07) is 0. The number of allylic oxidation sites excluding steroid dienone is 15. The Morgan fingerprint density at radius 3 is 1.64 bits per heavy atom. The van der Waals surface area contributed by atoms with E-state index in [0.717, 1.165) is 96.3 Å². The van der Waals surface area contributed by atoms with Crippen LogP contribution in [0.1, 0.15) is 149 Å². The summed E-state index contributed by atoms with van der Waals surface area (Å²) in [7, 11) is -10.7. The fraction of sp³-hybridized carbons (Fsp3) is 0.647. The minimum atomic E-state index is -5.38. The standard InChI is InChI=1S/C51H84O17P2/c1-3-5-7-8-9-10-11-12-13-14-15-16-17-18-21-24-27-30-34-38-44(53)64-40-43(41-65-70(62,63)68-51-48(57)46(55)47(56)50(49(51)58)67-69(59,60)61)66-45(54)39-35-31-28-25-22-19-20-23-26-29-33-37-42(52)36-32-6-4-2/h5,7,9-10,12-13,15-16,19-20,25-26,28-29,33,37,42-43,46-52,55-58H,3-4,6,8,11,14,17-18,21-24,27,30-32,34-36,38-41H2,1-2H3,(H,62,63)(H2,59,60,61)/b7-5-,10-9-,13-12-,16-15-,20-19-,28-25-,29-26-,37-33+/t42-,43+,46?,47?,48?,49?,50+,51-/m0/s1. The fourth-order valence-corrected chi connectivity index (χ4v) is 8.42. The van der Waals surface area contributed by atoms with Gasteiger partial charge in [0.2, 0.25) is 0 Å². The van der Waals surface area contributed by atoms with Gasteiger partial charge >= 0.3 is 27.6 Å². The van der Waals surface area contributed by atoms with Gasteiger partial charge in [0.1, 0.15) is 43.2 Å². The normalized spacial score (nSPS) is 22.3. The monoisotopic (exact) mass is 1030 g/mol. The molecule has 0 aromatic heterocycles. The first-order chi connectivity index (χ1) is 33.5. The van der Waals surface area contributed by atoms with Crippen LogP contribution in [0.15, 0.2) is 97.2 Å². The van der Waals surface area contributed by atoms with Crippen LogP contribution in [-0.4, -0.2) is 114 Å². The lowest BCUT2D eigenvalue weighted by Gasteiger charge is -2.43. The van der Waals surface area contributed by atoms with Crippen molar-refractivity contribution in [2.45, 2.75) is 198 Å². The van der Waals surface area contributed by atoms with E-state index in [-0.39, 0.29) is 12.8 Å². The summed E-state index contributed by atoms with van der Waals surface area (Å²) in [6.07, 6.45) is 33.9. The third kappa shape index (κ3) is 34.3.